The smallest absolute Gasteiger partial charge is 0.243 e. The summed E-state index contributed by atoms with van der Waals surface area (Å²) >= 11 is 1.69. The van der Waals surface area contributed by atoms with E-state index in [1.54, 1.807) is 17.5 Å². The van der Waals surface area contributed by atoms with E-state index in [4.69, 9.17) is 0 Å². The minimum Gasteiger partial charge on any atom is -0.346 e. The highest BCUT2D eigenvalue weighted by molar-refractivity contribution is 7.11. The Morgan fingerprint density at radius 1 is 1.00 bits per heavy atom. The highest BCUT2D eigenvalue weighted by atomic mass is 32.1. The van der Waals surface area contributed by atoms with Gasteiger partial charge < -0.3 is 5.32 Å². The van der Waals surface area contributed by atoms with Crippen molar-refractivity contribution in [3.8, 4) is 11.3 Å². The Hall–Kier alpha value is -2.86. The van der Waals surface area contributed by atoms with E-state index in [1.807, 2.05) is 25.1 Å². The molecule has 4 aromatic rings. The minimum absolute atomic E-state index is 0.510. The minimum atomic E-state index is 0.510. The third-order valence-electron chi connectivity index (χ3n) is 4.09. The molecule has 0 unspecified atom stereocenters. The van der Waals surface area contributed by atoms with Crippen molar-refractivity contribution >= 4 is 28.1 Å². The fourth-order valence-electron chi connectivity index (χ4n) is 2.73. The molecule has 0 fully saturated rings. The van der Waals surface area contributed by atoms with Crippen LogP contribution in [0.3, 0.4) is 0 Å². The van der Waals surface area contributed by atoms with Crippen LogP contribution in [0, 0.1) is 13.8 Å². The van der Waals surface area contributed by atoms with E-state index in [1.165, 1.54) is 10.3 Å². The number of nitrogens with zero attached hydrogens (tertiary/aromatic N) is 4. The van der Waals surface area contributed by atoms with Crippen molar-refractivity contribution in [3.63, 3.8) is 0 Å². The molecule has 0 saturated carbocycles. The first-order valence-electron chi connectivity index (χ1n) is 8.05. The Balaban J connectivity index is 1.62. The largest absolute Gasteiger partial charge is 0.346 e. The molecule has 2 heterocycles. The third-order valence-corrected chi connectivity index (χ3v) is 5.17. The van der Waals surface area contributed by atoms with Crippen molar-refractivity contribution in [2.24, 2.45) is 0 Å². The normalized spacial score (nSPS) is 11.0. The molecular weight excluding hydrogens is 330 g/mol. The predicted octanol–water partition coefficient (Wildman–Crippen LogP) is 4.38. The van der Waals surface area contributed by atoms with Crippen molar-refractivity contribution in [1.82, 2.24) is 20.2 Å². The second-order valence-electron chi connectivity index (χ2n) is 5.79. The summed E-state index contributed by atoms with van der Waals surface area (Å²) < 4.78 is 0. The van der Waals surface area contributed by atoms with E-state index in [0.717, 1.165) is 27.3 Å². The molecule has 1 N–H and O–H groups in total. The third kappa shape index (κ3) is 3.21. The quantitative estimate of drug-likeness (QED) is 0.593. The van der Waals surface area contributed by atoms with E-state index in [9.17, 15) is 0 Å². The number of anilines is 1. The molecule has 6 heteroatoms. The second-order valence-corrected chi connectivity index (χ2v) is 7.08. The molecule has 124 valence electrons. The molecule has 25 heavy (non-hydrogen) atoms. The predicted molar refractivity (Wildman–Crippen MR) is 102 cm³/mol. The first kappa shape index (κ1) is 15.7. The Kier molecular flexibility index (Phi) is 4.11. The molecule has 0 bridgehead atoms. The van der Waals surface area contributed by atoms with Gasteiger partial charge in [-0.25, -0.2) is 9.97 Å². The molecule has 0 saturated heterocycles. The molecule has 5 nitrogen and oxygen atoms in total. The van der Waals surface area contributed by atoms with Crippen molar-refractivity contribution in [3.05, 3.63) is 64.2 Å². The Bertz CT molecular complexity index is 1020. The van der Waals surface area contributed by atoms with Crippen molar-refractivity contribution < 1.29 is 0 Å². The molecule has 0 radical (unpaired) electrons. The van der Waals surface area contributed by atoms with Crippen molar-refractivity contribution in [1.29, 1.82) is 0 Å². The number of rotatable bonds is 4. The van der Waals surface area contributed by atoms with Gasteiger partial charge in [0.25, 0.3) is 0 Å². The topological polar surface area (TPSA) is 63.6 Å². The molecule has 2 aromatic carbocycles. The van der Waals surface area contributed by atoms with E-state index in [0.29, 0.717) is 12.5 Å². The summed E-state index contributed by atoms with van der Waals surface area (Å²) in [6.07, 6.45) is 1.70. The van der Waals surface area contributed by atoms with Gasteiger partial charge in [-0.1, -0.05) is 42.5 Å². The molecular formula is C19H17N5S. The van der Waals surface area contributed by atoms with Gasteiger partial charge in [-0.15, -0.1) is 16.4 Å². The first-order valence-corrected chi connectivity index (χ1v) is 8.87. The zero-order valence-corrected chi connectivity index (χ0v) is 14.8. The van der Waals surface area contributed by atoms with Crippen molar-refractivity contribution in [2.75, 3.05) is 5.32 Å². The van der Waals surface area contributed by atoms with Crippen LogP contribution in [0.5, 0.6) is 0 Å². The summed E-state index contributed by atoms with van der Waals surface area (Å²) in [5.41, 5.74) is 2.93. The molecule has 4 rings (SSSR count). The van der Waals surface area contributed by atoms with Crippen LogP contribution < -0.4 is 5.32 Å². The molecule has 0 spiro atoms. The number of hydrogen-bond acceptors (Lipinski definition) is 6. The zero-order valence-electron chi connectivity index (χ0n) is 14.0. The number of benzene rings is 2. The van der Waals surface area contributed by atoms with Gasteiger partial charge in [-0.05, 0) is 24.6 Å². The lowest BCUT2D eigenvalue weighted by atomic mass is 10.0. The number of hydrogen-bond donors (Lipinski definition) is 1. The molecule has 0 aliphatic heterocycles. The van der Waals surface area contributed by atoms with Gasteiger partial charge in [0, 0.05) is 10.4 Å². The van der Waals surface area contributed by atoms with Crippen LogP contribution in [0.1, 0.15) is 15.6 Å². The highest BCUT2D eigenvalue weighted by Gasteiger charge is 2.08. The van der Waals surface area contributed by atoms with Crippen LogP contribution in [-0.2, 0) is 6.54 Å². The Labute approximate surface area is 149 Å². The fourth-order valence-corrected chi connectivity index (χ4v) is 3.60. The summed E-state index contributed by atoms with van der Waals surface area (Å²) in [6, 6.07) is 14.5. The summed E-state index contributed by atoms with van der Waals surface area (Å²) in [5.74, 6) is 0.510. The Morgan fingerprint density at radius 2 is 1.84 bits per heavy atom. The van der Waals surface area contributed by atoms with Crippen LogP contribution in [0.2, 0.25) is 0 Å². The number of aromatic nitrogens is 4. The zero-order chi connectivity index (χ0) is 17.2. The van der Waals surface area contributed by atoms with Crippen LogP contribution in [-0.4, -0.2) is 20.2 Å². The monoisotopic (exact) mass is 347 g/mol. The average Bonchev–Trinajstić information content (AvgIpc) is 2.97. The number of fused-ring (bicyclic) bond motifs is 1. The van der Waals surface area contributed by atoms with Gasteiger partial charge >= 0.3 is 0 Å². The molecule has 2 aromatic heterocycles. The van der Waals surface area contributed by atoms with Gasteiger partial charge in [0.05, 0.1) is 24.1 Å². The first-order chi connectivity index (χ1) is 12.2. The summed E-state index contributed by atoms with van der Waals surface area (Å²) in [4.78, 5) is 10.4. The lowest BCUT2D eigenvalue weighted by molar-refractivity contribution is 0.943. The number of aryl methyl sites for hydroxylation is 2. The van der Waals surface area contributed by atoms with Gasteiger partial charge in [-0.2, -0.15) is 5.10 Å². The van der Waals surface area contributed by atoms with Gasteiger partial charge in [0.15, 0.2) is 0 Å². The van der Waals surface area contributed by atoms with E-state index < -0.39 is 0 Å². The van der Waals surface area contributed by atoms with Gasteiger partial charge in [0.1, 0.15) is 5.01 Å². The fraction of sp³-hybridized carbons (Fsp3) is 0.158. The van der Waals surface area contributed by atoms with Crippen LogP contribution in [0.25, 0.3) is 22.0 Å². The summed E-state index contributed by atoms with van der Waals surface area (Å²) in [7, 11) is 0. The van der Waals surface area contributed by atoms with Crippen LogP contribution in [0.4, 0.5) is 5.95 Å². The van der Waals surface area contributed by atoms with E-state index in [-0.39, 0.29) is 0 Å². The summed E-state index contributed by atoms with van der Waals surface area (Å²) in [5, 5.41) is 14.8. The molecule has 0 aliphatic carbocycles. The highest BCUT2D eigenvalue weighted by Crippen LogP contribution is 2.27. The van der Waals surface area contributed by atoms with Crippen molar-refractivity contribution in [2.45, 2.75) is 20.4 Å². The maximum atomic E-state index is 4.63. The number of thiazole rings is 1. The average molecular weight is 347 g/mol. The maximum absolute atomic E-state index is 4.63. The lowest BCUT2D eigenvalue weighted by Crippen LogP contribution is -2.05. The summed E-state index contributed by atoms with van der Waals surface area (Å²) in [6.45, 7) is 4.70. The van der Waals surface area contributed by atoms with E-state index in [2.05, 4.69) is 56.7 Å². The second kappa shape index (κ2) is 6.57. The molecule has 0 atom stereocenters. The molecule has 0 amide bonds. The SMILES string of the molecule is Cc1nc(CNc2nncc(-c3cccc4ccccc34)n2)sc1C. The molecule has 0 aliphatic rings. The maximum Gasteiger partial charge on any atom is 0.243 e. The van der Waals surface area contributed by atoms with Gasteiger partial charge in [0.2, 0.25) is 5.95 Å². The lowest BCUT2D eigenvalue weighted by Gasteiger charge is -2.07. The number of nitrogens with one attached hydrogen (secondary N) is 1. The Morgan fingerprint density at radius 3 is 2.68 bits per heavy atom. The standard InChI is InChI=1S/C19H17N5S/c1-12-13(2)25-18(22-12)11-20-19-23-17(10-21-24-19)16-9-5-7-14-6-3-4-8-15(14)16/h3-10H,11H2,1-2H3,(H,20,23,24). The van der Waals surface area contributed by atoms with E-state index >= 15 is 0 Å². The van der Waals surface area contributed by atoms with Crippen LogP contribution >= 0.6 is 11.3 Å². The van der Waals surface area contributed by atoms with Gasteiger partial charge in [-0.3, -0.25) is 0 Å². The van der Waals surface area contributed by atoms with Crippen LogP contribution in [0.15, 0.2) is 48.7 Å².